The second-order valence-corrected chi connectivity index (χ2v) is 25.9. The number of fused-ring (bicyclic) bond motifs is 3. The van der Waals surface area contributed by atoms with Crippen molar-refractivity contribution < 1.29 is 13.6 Å². The molecule has 3 atom stereocenters. The number of hydrogen-bond acceptors (Lipinski definition) is 4. The van der Waals surface area contributed by atoms with E-state index in [1.807, 2.05) is 13.8 Å². The van der Waals surface area contributed by atoms with Gasteiger partial charge in [-0.2, -0.15) is 0 Å². The summed E-state index contributed by atoms with van der Waals surface area (Å²) in [7, 11) is -3.75. The summed E-state index contributed by atoms with van der Waals surface area (Å²) in [6, 6.07) is 38.1. The average Bonchev–Trinajstić information content (AvgIpc) is 3.58. The van der Waals surface area contributed by atoms with Gasteiger partial charge in [0.2, 0.25) is 0 Å². The van der Waals surface area contributed by atoms with Gasteiger partial charge in [-0.05, 0) is 0 Å². The van der Waals surface area contributed by atoms with Crippen molar-refractivity contribution in [3.63, 3.8) is 0 Å². The van der Waals surface area contributed by atoms with Crippen LogP contribution in [0.3, 0.4) is 0 Å². The number of rotatable bonds is 9. The van der Waals surface area contributed by atoms with E-state index in [4.69, 9.17) is 9.05 Å². The van der Waals surface area contributed by atoms with Gasteiger partial charge in [0.05, 0.1) is 0 Å². The maximum absolute atomic E-state index is 15.9. The molecule has 1 aliphatic carbocycles. The molecule has 1 fully saturated rings. The van der Waals surface area contributed by atoms with E-state index in [9.17, 15) is 0 Å². The molecule has 1 unspecified atom stereocenters. The van der Waals surface area contributed by atoms with Gasteiger partial charge >= 0.3 is 303 Å². The van der Waals surface area contributed by atoms with Crippen LogP contribution in [0.25, 0.3) is 11.1 Å². The van der Waals surface area contributed by atoms with Gasteiger partial charge in [0.25, 0.3) is 0 Å². The fourth-order valence-electron chi connectivity index (χ4n) is 10.1. The third-order valence-corrected chi connectivity index (χ3v) is 29.8. The zero-order chi connectivity index (χ0) is 35.4. The van der Waals surface area contributed by atoms with Gasteiger partial charge in [-0.1, -0.05) is 0 Å². The van der Waals surface area contributed by atoms with E-state index in [-0.39, 0.29) is 16.7 Å². The number of aryl methyl sites for hydroxylation is 6. The predicted molar refractivity (Wildman–Crippen MR) is 211 cm³/mol. The van der Waals surface area contributed by atoms with Crippen molar-refractivity contribution in [1.82, 2.24) is 5.32 Å². The van der Waals surface area contributed by atoms with E-state index in [1.165, 1.54) is 70.0 Å². The van der Waals surface area contributed by atoms with Crippen LogP contribution in [-0.4, -0.2) is 31.1 Å². The fourth-order valence-corrected chi connectivity index (χ4v) is 32.8. The van der Waals surface area contributed by atoms with E-state index in [0.717, 1.165) is 0 Å². The van der Waals surface area contributed by atoms with Crippen LogP contribution in [0.2, 0.25) is 4.75 Å². The number of hydrogen-bond donors (Lipinski definition) is 1. The van der Waals surface area contributed by atoms with Gasteiger partial charge in [-0.15, -0.1) is 0 Å². The molecule has 0 radical (unpaired) electrons. The summed E-state index contributed by atoms with van der Waals surface area (Å²) in [4.78, 5) is 0. The molecule has 0 spiro atoms. The Balaban J connectivity index is 1.73. The number of benzene rings is 5. The van der Waals surface area contributed by atoms with Gasteiger partial charge < -0.3 is 0 Å². The molecule has 1 N–H and O–H groups in total. The van der Waals surface area contributed by atoms with E-state index in [0.29, 0.717) is 13.2 Å². The first kappa shape index (κ1) is 35.2. The number of nitrogens with one attached hydrogen (secondary N) is 1. The molecule has 1 heterocycles. The van der Waals surface area contributed by atoms with Crippen LogP contribution < -0.4 is 14.1 Å². The fraction of sp³-hybridized carbons (Fsp3) is 0.318. The third-order valence-electron chi connectivity index (χ3n) is 11.2. The van der Waals surface area contributed by atoms with Crippen molar-refractivity contribution in [2.45, 2.75) is 76.7 Å². The minimum atomic E-state index is -4.23. The Morgan fingerprint density at radius 2 is 1.04 bits per heavy atom. The maximum atomic E-state index is 15.9. The van der Waals surface area contributed by atoms with E-state index in [2.05, 4.69) is 150 Å². The van der Waals surface area contributed by atoms with Crippen LogP contribution in [0.5, 0.6) is 0 Å². The van der Waals surface area contributed by atoms with Gasteiger partial charge in [-0.3, -0.25) is 0 Å². The summed E-state index contributed by atoms with van der Waals surface area (Å²) in [6.07, 6.45) is 0. The second kappa shape index (κ2) is 13.7. The molecule has 50 heavy (non-hydrogen) atoms. The van der Waals surface area contributed by atoms with Crippen molar-refractivity contribution in [2.75, 3.05) is 13.2 Å². The molecule has 0 amide bonds. The average molecular weight is 744 g/mol. The van der Waals surface area contributed by atoms with Crippen LogP contribution in [0.1, 0.15) is 75.9 Å². The standard InChI is InChI=1S/C44H50GeNO3P/c1-9-48-50(47,49-10-2)44-45(40-30(5)24-28(3)25-31(40)6,41-32(7)26-29(4)27-33(41)8)42(43(46-44)34-18-12-11-13-19-34)39-37-22-16-14-20-35(37)36-21-15-17-23-38(36)39/h11-27,39,42-44,46H,9-10H2,1-8H3/t42?,43-,44+/m1/s1. The van der Waals surface area contributed by atoms with Crippen LogP contribution in [0.4, 0.5) is 0 Å². The molecule has 258 valence electrons. The molecular formula is C44H50GeNO3P. The van der Waals surface area contributed by atoms with Crippen molar-refractivity contribution in [3.8, 4) is 11.1 Å². The summed E-state index contributed by atoms with van der Waals surface area (Å²) in [5.74, 6) is 0.0574. The quantitative estimate of drug-likeness (QED) is 0.121. The summed E-state index contributed by atoms with van der Waals surface area (Å²) in [6.45, 7) is 18.0. The van der Waals surface area contributed by atoms with Crippen molar-refractivity contribution in [3.05, 3.63) is 153 Å². The molecule has 1 aliphatic heterocycles. The Kier molecular flexibility index (Phi) is 9.64. The Morgan fingerprint density at radius 3 is 1.48 bits per heavy atom. The van der Waals surface area contributed by atoms with Gasteiger partial charge in [-0.25, -0.2) is 0 Å². The second-order valence-electron chi connectivity index (χ2n) is 14.4. The topological polar surface area (TPSA) is 47.6 Å². The molecule has 5 aromatic carbocycles. The molecule has 5 aromatic rings. The molecule has 1 saturated heterocycles. The van der Waals surface area contributed by atoms with Crippen LogP contribution in [-0.2, 0) is 13.6 Å². The Labute approximate surface area is 301 Å². The van der Waals surface area contributed by atoms with Gasteiger partial charge in [0.1, 0.15) is 0 Å². The molecule has 0 aromatic heterocycles. The molecular weight excluding hydrogens is 694 g/mol. The Bertz CT molecular complexity index is 1950. The van der Waals surface area contributed by atoms with Crippen LogP contribution >= 0.6 is 7.60 Å². The molecule has 0 saturated carbocycles. The van der Waals surface area contributed by atoms with Crippen molar-refractivity contribution >= 4 is 29.7 Å². The molecule has 7 rings (SSSR count). The Hall–Kier alpha value is -3.25. The zero-order valence-electron chi connectivity index (χ0n) is 30.7. The van der Waals surface area contributed by atoms with Crippen molar-refractivity contribution in [1.29, 1.82) is 0 Å². The summed E-state index contributed by atoms with van der Waals surface area (Å²) >= 11 is -4.23. The predicted octanol–water partition coefficient (Wildman–Crippen LogP) is 9.76. The van der Waals surface area contributed by atoms with Crippen molar-refractivity contribution in [2.24, 2.45) is 0 Å². The normalized spacial score (nSPS) is 19.8. The monoisotopic (exact) mass is 745 g/mol. The van der Waals surface area contributed by atoms with E-state index >= 15 is 4.57 Å². The summed E-state index contributed by atoms with van der Waals surface area (Å²) in [5, 5.41) is 4.20. The molecule has 4 nitrogen and oxygen atoms in total. The van der Waals surface area contributed by atoms with Gasteiger partial charge in [0, 0.05) is 0 Å². The molecule has 6 heteroatoms. The minimum absolute atomic E-state index is 0.0571. The Morgan fingerprint density at radius 1 is 0.620 bits per heavy atom. The summed E-state index contributed by atoms with van der Waals surface area (Å²) < 4.78 is 31.3. The van der Waals surface area contributed by atoms with Gasteiger partial charge in [0.15, 0.2) is 0 Å². The van der Waals surface area contributed by atoms with Crippen LogP contribution in [0, 0.1) is 41.5 Å². The summed E-state index contributed by atoms with van der Waals surface area (Å²) in [5.41, 5.74) is 14.1. The molecule has 0 bridgehead atoms. The zero-order valence-corrected chi connectivity index (χ0v) is 33.7. The van der Waals surface area contributed by atoms with Crippen LogP contribution in [0.15, 0.2) is 103 Å². The first-order valence-corrected chi connectivity index (χ1v) is 24.2. The molecule has 2 aliphatic rings. The third kappa shape index (κ3) is 5.50. The van der Waals surface area contributed by atoms with E-state index < -0.39 is 25.5 Å². The first-order valence-electron chi connectivity index (χ1n) is 18.1. The van der Waals surface area contributed by atoms with E-state index in [1.54, 1.807) is 0 Å². The SMILES string of the molecule is CCOP(=O)(OCC)[C@@H]1N[C@H](c2ccccc2)[CH](C2c3ccccc3-c3ccccc32)[Ge]1([c]1c(C)cc(C)cc1C)[c]1c(C)cc(C)cc1C. The first-order chi connectivity index (χ1) is 24.1.